The summed E-state index contributed by atoms with van der Waals surface area (Å²) in [4.78, 5) is 12.0. The van der Waals surface area contributed by atoms with Crippen LogP contribution in [0.4, 0.5) is 0 Å². The first-order valence-corrected chi connectivity index (χ1v) is 19.8. The second-order valence-corrected chi connectivity index (χ2v) is 20.4. The molecule has 4 heteroatoms. The Kier molecular flexibility index (Phi) is 7.43. The molecule has 0 heterocycles. The van der Waals surface area contributed by atoms with Gasteiger partial charge in [-0.3, -0.25) is 4.79 Å². The highest BCUT2D eigenvalue weighted by Gasteiger charge is 2.67. The molecule has 0 aliphatic heterocycles. The van der Waals surface area contributed by atoms with Gasteiger partial charge in [0.1, 0.15) is 12.2 Å². The molecule has 7 saturated carbocycles. The van der Waals surface area contributed by atoms with Gasteiger partial charge in [0.25, 0.3) is 0 Å². The molecule has 8 aliphatic carbocycles. The summed E-state index contributed by atoms with van der Waals surface area (Å²) < 4.78 is 13.2. The smallest absolute Gasteiger partial charge is 0.302 e. The summed E-state index contributed by atoms with van der Waals surface area (Å²) in [6.07, 6.45) is 23.7. The van der Waals surface area contributed by atoms with Gasteiger partial charge >= 0.3 is 5.97 Å². The van der Waals surface area contributed by atoms with Gasteiger partial charge in [-0.05, 0) is 164 Å². The summed E-state index contributed by atoms with van der Waals surface area (Å²) in [5, 5.41) is 11.0. The normalized spacial score (nSPS) is 52.0. The maximum absolute atomic E-state index is 12.0. The molecule has 0 aromatic rings. The number of carbonyl (C=O) groups is 1. The predicted molar refractivity (Wildman–Crippen MR) is 183 cm³/mol. The average molecular weight is 635 g/mol. The van der Waals surface area contributed by atoms with Crippen LogP contribution in [0.3, 0.4) is 0 Å². The maximum Gasteiger partial charge on any atom is 0.302 e. The van der Waals surface area contributed by atoms with Gasteiger partial charge < -0.3 is 14.6 Å². The molecule has 258 valence electrons. The second-order valence-electron chi connectivity index (χ2n) is 20.4. The summed E-state index contributed by atoms with van der Waals surface area (Å²) in [6, 6.07) is 0. The highest BCUT2D eigenvalue weighted by Crippen LogP contribution is 2.73. The molecule has 0 saturated heterocycles. The number of hydrogen-bond acceptors (Lipinski definition) is 4. The first kappa shape index (κ1) is 32.3. The Hall–Kier alpha value is -0.870. The number of hydrogen-bond donors (Lipinski definition) is 1. The molecule has 0 aromatic heterocycles. The van der Waals surface area contributed by atoms with Crippen LogP contribution < -0.4 is 0 Å². The van der Waals surface area contributed by atoms with Crippen LogP contribution in [0, 0.1) is 68.0 Å². The van der Waals surface area contributed by atoms with Gasteiger partial charge in [0.05, 0.1) is 12.7 Å². The lowest BCUT2D eigenvalue weighted by Gasteiger charge is -2.65. The molecular formula is C42H66O4. The van der Waals surface area contributed by atoms with Crippen LogP contribution >= 0.6 is 0 Å². The third-order valence-electron chi connectivity index (χ3n) is 17.8. The first-order valence-electron chi connectivity index (χ1n) is 19.8. The minimum atomic E-state index is -0.125. The third-order valence-corrected chi connectivity index (χ3v) is 17.8. The number of ether oxygens (including phenoxy) is 2. The largest absolute Gasteiger partial charge is 0.462 e. The van der Waals surface area contributed by atoms with Gasteiger partial charge in [0, 0.05) is 12.3 Å². The minimum Gasteiger partial charge on any atom is -0.462 e. The van der Waals surface area contributed by atoms with Crippen LogP contribution in [0.1, 0.15) is 151 Å². The van der Waals surface area contributed by atoms with E-state index in [0.717, 1.165) is 24.2 Å². The van der Waals surface area contributed by atoms with E-state index in [4.69, 9.17) is 9.47 Å². The highest BCUT2D eigenvalue weighted by atomic mass is 16.5. The second kappa shape index (κ2) is 10.6. The van der Waals surface area contributed by atoms with Crippen molar-refractivity contribution in [1.29, 1.82) is 0 Å². The zero-order valence-corrected chi connectivity index (χ0v) is 30.5. The van der Waals surface area contributed by atoms with E-state index >= 15 is 0 Å². The molecule has 0 aromatic carbocycles. The number of allylic oxidation sites excluding steroid dienone is 1. The molecular weight excluding hydrogens is 568 g/mol. The topological polar surface area (TPSA) is 55.8 Å². The lowest BCUT2D eigenvalue weighted by molar-refractivity contribution is -0.197. The van der Waals surface area contributed by atoms with Gasteiger partial charge in [0.15, 0.2) is 0 Å². The zero-order valence-electron chi connectivity index (χ0n) is 30.5. The number of aliphatic hydroxyl groups is 1. The van der Waals surface area contributed by atoms with Crippen molar-refractivity contribution in [2.24, 2.45) is 68.0 Å². The highest BCUT2D eigenvalue weighted by molar-refractivity contribution is 5.66. The van der Waals surface area contributed by atoms with Gasteiger partial charge in [0.2, 0.25) is 0 Å². The summed E-state index contributed by atoms with van der Waals surface area (Å²) in [5.74, 6) is 4.11. The molecule has 0 amide bonds. The van der Waals surface area contributed by atoms with Crippen molar-refractivity contribution in [2.45, 2.75) is 170 Å². The van der Waals surface area contributed by atoms with Crippen LogP contribution in [0.2, 0.25) is 0 Å². The molecule has 7 unspecified atom stereocenters. The van der Waals surface area contributed by atoms with E-state index in [-0.39, 0.29) is 36.3 Å². The van der Waals surface area contributed by atoms with Crippen molar-refractivity contribution in [2.75, 3.05) is 6.61 Å². The number of carbonyl (C=O) groups excluding carboxylic acids is 1. The fourth-order valence-electron chi connectivity index (χ4n) is 16.3. The predicted octanol–water partition coefficient (Wildman–Crippen LogP) is 9.68. The maximum atomic E-state index is 12.0. The fraction of sp³-hybridized carbons (Fsp3) is 0.929. The Morgan fingerprint density at radius 1 is 0.804 bits per heavy atom. The average Bonchev–Trinajstić information content (AvgIpc) is 3.39. The Labute approximate surface area is 280 Å². The van der Waals surface area contributed by atoms with Crippen molar-refractivity contribution in [1.82, 2.24) is 0 Å². The van der Waals surface area contributed by atoms with Gasteiger partial charge in [-0.25, -0.2) is 0 Å². The van der Waals surface area contributed by atoms with E-state index < -0.39 is 0 Å². The molecule has 8 aliphatic rings. The molecule has 4 bridgehead atoms. The van der Waals surface area contributed by atoms with Gasteiger partial charge in [-0.1, -0.05) is 54.0 Å². The minimum absolute atomic E-state index is 0.0151. The molecule has 2 spiro atoms. The molecule has 0 radical (unpaired) electrons. The van der Waals surface area contributed by atoms with Crippen molar-refractivity contribution < 1.29 is 19.4 Å². The Balaban J connectivity index is 1.01. The number of aliphatic hydroxyl groups excluding tert-OH is 1. The molecule has 8 rings (SSSR count). The molecule has 7 fully saturated rings. The Bertz CT molecular complexity index is 1270. The van der Waals surface area contributed by atoms with Crippen LogP contribution in [0.5, 0.6) is 0 Å². The molecule has 46 heavy (non-hydrogen) atoms. The number of esters is 1. The van der Waals surface area contributed by atoms with E-state index in [0.29, 0.717) is 44.8 Å². The molecule has 13 atom stereocenters. The lowest BCUT2D eigenvalue weighted by Crippen LogP contribution is -2.59. The lowest BCUT2D eigenvalue weighted by atomic mass is 9.41. The van der Waals surface area contributed by atoms with Crippen molar-refractivity contribution >= 4 is 5.97 Å². The van der Waals surface area contributed by atoms with E-state index in [1.54, 1.807) is 6.92 Å². The van der Waals surface area contributed by atoms with Crippen LogP contribution in [-0.4, -0.2) is 36.0 Å². The number of fused-ring (bicyclic) bond motifs is 6. The summed E-state index contributed by atoms with van der Waals surface area (Å²) >= 11 is 0. The quantitative estimate of drug-likeness (QED) is 0.242. The monoisotopic (exact) mass is 634 g/mol. The van der Waals surface area contributed by atoms with Crippen molar-refractivity contribution in [3.8, 4) is 0 Å². The first-order chi connectivity index (χ1) is 21.7. The van der Waals surface area contributed by atoms with Crippen molar-refractivity contribution in [3.63, 3.8) is 0 Å². The molecule has 1 N–H and O–H groups in total. The third kappa shape index (κ3) is 4.45. The van der Waals surface area contributed by atoms with Gasteiger partial charge in [-0.2, -0.15) is 0 Å². The zero-order chi connectivity index (χ0) is 32.5. The van der Waals surface area contributed by atoms with E-state index in [9.17, 15) is 9.90 Å². The summed E-state index contributed by atoms with van der Waals surface area (Å²) in [7, 11) is 0. The standard InChI is InChI=1S/C42H66O4/c1-26(44)45-36-15-18-40(7)33(38(36,4)5)14-20-42-22-28(10-12-35(40)42)30(24-42)46-31(25-43)29-23-41-19-13-32-37(2,3)16-8-17-39(32,6)34(41)11-9-27(29)21-41/h23,27-28,30-36,43H,8-22,24-25H2,1-7H3/t27?,28?,30?,31-,32-,33-,34?,35?,36-,39-,40-,41?,42?/m1/s1. The molecule has 4 nitrogen and oxygen atoms in total. The number of rotatable bonds is 5. The SMILES string of the molecule is CC(=O)O[C@@H]1CC[C@@]2(C)C3CCC4CC3(CC[C@@H]2C1(C)C)CC4O[C@H](CO)C1=CC23CC[C@@H]4C(C)(C)CCC[C@@]4(C)C2CCC1C3. The van der Waals surface area contributed by atoms with Crippen LogP contribution in [-0.2, 0) is 14.3 Å². The summed E-state index contributed by atoms with van der Waals surface area (Å²) in [5.41, 5.74) is 3.47. The van der Waals surface area contributed by atoms with Gasteiger partial charge in [-0.15, -0.1) is 0 Å². The van der Waals surface area contributed by atoms with Crippen LogP contribution in [0.25, 0.3) is 0 Å². The summed E-state index contributed by atoms with van der Waals surface area (Å²) in [6.45, 7) is 16.9. The Morgan fingerprint density at radius 2 is 1.54 bits per heavy atom. The van der Waals surface area contributed by atoms with Crippen LogP contribution in [0.15, 0.2) is 11.6 Å². The van der Waals surface area contributed by atoms with E-state index in [1.165, 1.54) is 102 Å². The van der Waals surface area contributed by atoms with E-state index in [2.05, 4.69) is 47.6 Å². The fourth-order valence-corrected chi connectivity index (χ4v) is 16.3. The van der Waals surface area contributed by atoms with Crippen molar-refractivity contribution in [3.05, 3.63) is 11.6 Å². The Morgan fingerprint density at radius 3 is 2.30 bits per heavy atom. The van der Waals surface area contributed by atoms with E-state index in [1.807, 2.05) is 0 Å².